The Balaban J connectivity index is 1.56. The molecule has 0 spiro atoms. The molecule has 5 rings (SSSR count). The number of hydrogen-bond acceptors (Lipinski definition) is 4. The Hall–Kier alpha value is -2.86. The van der Waals surface area contributed by atoms with Crippen LogP contribution in [0.2, 0.25) is 0 Å². The highest BCUT2D eigenvalue weighted by atomic mass is 19.1. The van der Waals surface area contributed by atoms with Gasteiger partial charge in [0.25, 0.3) is 0 Å². The van der Waals surface area contributed by atoms with Crippen molar-refractivity contribution in [2.75, 3.05) is 11.4 Å². The van der Waals surface area contributed by atoms with Crippen molar-refractivity contribution in [1.29, 1.82) is 0 Å². The minimum absolute atomic E-state index is 0.113. The summed E-state index contributed by atoms with van der Waals surface area (Å²) in [4.78, 5) is 42.9. The van der Waals surface area contributed by atoms with E-state index >= 15 is 0 Å². The largest absolute Gasteiger partial charge is 0.292 e. The fourth-order valence-electron chi connectivity index (χ4n) is 5.16. The molecular weight excluding hydrogens is 359 g/mol. The molecule has 3 heterocycles. The highest BCUT2D eigenvalue weighted by molar-refractivity contribution is 6.24. The maximum atomic E-state index is 13.7. The Morgan fingerprint density at radius 1 is 0.964 bits per heavy atom. The number of imide groups is 1. The van der Waals surface area contributed by atoms with Gasteiger partial charge in [-0.1, -0.05) is 36.4 Å². The van der Waals surface area contributed by atoms with E-state index in [1.54, 1.807) is 30.3 Å². The van der Waals surface area contributed by atoms with Crippen molar-refractivity contribution in [2.45, 2.75) is 24.9 Å². The lowest BCUT2D eigenvalue weighted by molar-refractivity contribution is -0.123. The van der Waals surface area contributed by atoms with Crippen molar-refractivity contribution in [3.05, 3.63) is 66.0 Å². The minimum Gasteiger partial charge on any atom is -0.292 e. The topological polar surface area (TPSA) is 57.7 Å². The second kappa shape index (κ2) is 6.34. The lowest BCUT2D eigenvalue weighted by atomic mass is 9.85. The monoisotopic (exact) mass is 378 g/mol. The van der Waals surface area contributed by atoms with Gasteiger partial charge in [0.15, 0.2) is 5.78 Å². The number of amides is 2. The lowest BCUT2D eigenvalue weighted by Gasteiger charge is -2.27. The SMILES string of the molecule is O=C(c1ccccc1)[C@H]1[C@@H]2C(=O)N(c3cccc(F)c3)C(=O)[C@@H]2[C@@H]2CCCN21. The Morgan fingerprint density at radius 2 is 1.71 bits per heavy atom. The first kappa shape index (κ1) is 17.3. The third-order valence-corrected chi connectivity index (χ3v) is 6.25. The number of halogens is 1. The second-order valence-electron chi connectivity index (χ2n) is 7.67. The molecule has 5 nitrogen and oxygen atoms in total. The van der Waals surface area contributed by atoms with Crippen molar-refractivity contribution in [1.82, 2.24) is 4.90 Å². The first-order chi connectivity index (χ1) is 13.6. The fourth-order valence-corrected chi connectivity index (χ4v) is 5.16. The zero-order valence-corrected chi connectivity index (χ0v) is 15.1. The molecule has 142 valence electrons. The van der Waals surface area contributed by atoms with Crippen LogP contribution in [0.4, 0.5) is 10.1 Å². The van der Waals surface area contributed by atoms with E-state index in [9.17, 15) is 18.8 Å². The van der Waals surface area contributed by atoms with Crippen LogP contribution < -0.4 is 4.90 Å². The third kappa shape index (κ3) is 2.37. The number of Topliss-reactive ketones (excluding diaryl/α,β-unsaturated/α-hetero) is 1. The average Bonchev–Trinajstić information content (AvgIpc) is 3.34. The number of carbonyl (C=O) groups excluding carboxylic acids is 3. The summed E-state index contributed by atoms with van der Waals surface area (Å²) in [5, 5.41) is 0. The Kier molecular flexibility index (Phi) is 3.91. The number of rotatable bonds is 3. The molecule has 0 aromatic heterocycles. The van der Waals surface area contributed by atoms with Crippen LogP contribution in [0.25, 0.3) is 0 Å². The highest BCUT2D eigenvalue weighted by Crippen LogP contribution is 2.48. The van der Waals surface area contributed by atoms with Crippen LogP contribution in [-0.4, -0.2) is 41.1 Å². The van der Waals surface area contributed by atoms with Crippen molar-refractivity contribution in [3.8, 4) is 0 Å². The third-order valence-electron chi connectivity index (χ3n) is 6.25. The van der Waals surface area contributed by atoms with Gasteiger partial charge < -0.3 is 0 Å². The standard InChI is InChI=1S/C22H19FN2O3/c23-14-8-4-9-15(12-14)25-21(27)17-16-10-5-11-24(16)19(18(17)22(25)28)20(26)13-6-2-1-3-7-13/h1-4,6-9,12,16-19H,5,10-11H2/t16-,17+,18+,19+/m0/s1. The molecule has 2 amide bonds. The van der Waals surface area contributed by atoms with Gasteiger partial charge in [-0.05, 0) is 37.6 Å². The fraction of sp³-hybridized carbons (Fsp3) is 0.318. The molecule has 0 aliphatic carbocycles. The van der Waals surface area contributed by atoms with Gasteiger partial charge in [0.05, 0.1) is 23.6 Å². The molecule has 3 aliphatic heterocycles. The zero-order chi connectivity index (χ0) is 19.4. The molecular formula is C22H19FN2O3. The molecule has 4 atom stereocenters. The molecule has 28 heavy (non-hydrogen) atoms. The van der Waals surface area contributed by atoms with E-state index in [1.807, 2.05) is 11.0 Å². The van der Waals surface area contributed by atoms with Gasteiger partial charge in [-0.25, -0.2) is 9.29 Å². The van der Waals surface area contributed by atoms with Crippen molar-refractivity contribution in [3.63, 3.8) is 0 Å². The normalized spacial score (nSPS) is 29.2. The average molecular weight is 378 g/mol. The van der Waals surface area contributed by atoms with Crippen LogP contribution in [0.15, 0.2) is 54.6 Å². The van der Waals surface area contributed by atoms with Gasteiger partial charge in [-0.2, -0.15) is 0 Å². The predicted molar refractivity (Wildman–Crippen MR) is 100 cm³/mol. The molecule has 2 aromatic carbocycles. The molecule has 0 N–H and O–H groups in total. The number of fused-ring (bicyclic) bond motifs is 3. The van der Waals surface area contributed by atoms with Gasteiger partial charge in [-0.3, -0.25) is 19.3 Å². The zero-order valence-electron chi connectivity index (χ0n) is 15.1. The maximum absolute atomic E-state index is 13.7. The van der Waals surface area contributed by atoms with E-state index < -0.39 is 29.6 Å². The summed E-state index contributed by atoms with van der Waals surface area (Å²) in [6.45, 7) is 0.710. The molecule has 3 aliphatic rings. The molecule has 6 heteroatoms. The van der Waals surface area contributed by atoms with E-state index in [2.05, 4.69) is 0 Å². The number of nitrogens with zero attached hydrogens (tertiary/aromatic N) is 2. The first-order valence-corrected chi connectivity index (χ1v) is 9.56. The van der Waals surface area contributed by atoms with Crippen LogP contribution in [0.5, 0.6) is 0 Å². The lowest BCUT2D eigenvalue weighted by Crippen LogP contribution is -2.46. The number of ketones is 1. The van der Waals surface area contributed by atoms with Crippen molar-refractivity contribution in [2.24, 2.45) is 11.8 Å². The van der Waals surface area contributed by atoms with Gasteiger partial charge >= 0.3 is 0 Å². The van der Waals surface area contributed by atoms with Gasteiger partial charge in [0.1, 0.15) is 5.82 Å². The van der Waals surface area contributed by atoms with Gasteiger partial charge in [0.2, 0.25) is 11.8 Å². The number of benzene rings is 2. The van der Waals surface area contributed by atoms with E-state index in [4.69, 9.17) is 0 Å². The van der Waals surface area contributed by atoms with Crippen molar-refractivity contribution < 1.29 is 18.8 Å². The summed E-state index contributed by atoms with van der Waals surface area (Å²) >= 11 is 0. The molecule has 0 radical (unpaired) electrons. The maximum Gasteiger partial charge on any atom is 0.239 e. The molecule has 0 saturated carbocycles. The smallest absolute Gasteiger partial charge is 0.239 e. The molecule has 0 bridgehead atoms. The number of carbonyl (C=O) groups is 3. The van der Waals surface area contributed by atoms with E-state index in [0.29, 0.717) is 12.1 Å². The Morgan fingerprint density at radius 3 is 2.46 bits per heavy atom. The highest BCUT2D eigenvalue weighted by Gasteiger charge is 2.64. The Bertz CT molecular complexity index is 977. The van der Waals surface area contributed by atoms with Crippen molar-refractivity contribution >= 4 is 23.3 Å². The molecule has 0 unspecified atom stereocenters. The second-order valence-corrected chi connectivity index (χ2v) is 7.67. The molecule has 3 fully saturated rings. The molecule has 2 aromatic rings. The van der Waals surface area contributed by atoms with Crippen LogP contribution in [0, 0.1) is 17.7 Å². The van der Waals surface area contributed by atoms with Crippen LogP contribution >= 0.6 is 0 Å². The van der Waals surface area contributed by atoms with Crippen LogP contribution in [0.1, 0.15) is 23.2 Å². The van der Waals surface area contributed by atoms with Crippen LogP contribution in [0.3, 0.4) is 0 Å². The van der Waals surface area contributed by atoms with Crippen LogP contribution in [-0.2, 0) is 9.59 Å². The van der Waals surface area contributed by atoms with E-state index in [0.717, 1.165) is 17.7 Å². The summed E-state index contributed by atoms with van der Waals surface area (Å²) in [7, 11) is 0. The minimum atomic E-state index is -0.714. The van der Waals surface area contributed by atoms with E-state index in [1.165, 1.54) is 18.2 Å². The quantitative estimate of drug-likeness (QED) is 0.609. The summed E-state index contributed by atoms with van der Waals surface area (Å²) in [5.74, 6) is -2.60. The Labute approximate surface area is 161 Å². The molecule has 3 saturated heterocycles. The van der Waals surface area contributed by atoms with Gasteiger partial charge in [0, 0.05) is 11.6 Å². The predicted octanol–water partition coefficient (Wildman–Crippen LogP) is 2.66. The van der Waals surface area contributed by atoms with E-state index in [-0.39, 0.29) is 23.4 Å². The summed E-state index contributed by atoms with van der Waals surface area (Å²) in [6, 6.07) is 13.7. The number of anilines is 1. The number of hydrogen-bond donors (Lipinski definition) is 0. The summed E-state index contributed by atoms with van der Waals surface area (Å²) in [5.41, 5.74) is 0.781. The summed E-state index contributed by atoms with van der Waals surface area (Å²) in [6.07, 6.45) is 1.68. The summed E-state index contributed by atoms with van der Waals surface area (Å²) < 4.78 is 13.7. The van der Waals surface area contributed by atoms with Gasteiger partial charge in [-0.15, -0.1) is 0 Å². The first-order valence-electron chi connectivity index (χ1n) is 9.56.